The Labute approximate surface area is 171 Å². The highest BCUT2D eigenvalue weighted by atomic mass is 32.1. The van der Waals surface area contributed by atoms with Crippen molar-refractivity contribution in [3.8, 4) is 5.75 Å². The molecule has 5 nitrogen and oxygen atoms in total. The second-order valence-corrected chi connectivity index (χ2v) is 7.80. The van der Waals surface area contributed by atoms with Gasteiger partial charge in [0.2, 0.25) is 0 Å². The summed E-state index contributed by atoms with van der Waals surface area (Å²) in [5.41, 5.74) is 1.43. The maximum Gasteiger partial charge on any atom is 0.325 e. The number of thiophene rings is 1. The summed E-state index contributed by atoms with van der Waals surface area (Å²) in [5, 5.41) is 6.55. The SMILES string of the molecule is CC1(c2ccsc2)NC(=O)N(Cc2ccc(OCc3ccc(F)cc3)cc2)C1=O. The Balaban J connectivity index is 1.40. The van der Waals surface area contributed by atoms with Crippen LogP contribution >= 0.6 is 11.3 Å². The molecule has 29 heavy (non-hydrogen) atoms. The van der Waals surface area contributed by atoms with E-state index in [-0.39, 0.29) is 18.3 Å². The molecule has 0 radical (unpaired) electrons. The van der Waals surface area contributed by atoms with Gasteiger partial charge in [-0.2, -0.15) is 11.3 Å². The van der Waals surface area contributed by atoms with E-state index in [1.54, 1.807) is 31.2 Å². The van der Waals surface area contributed by atoms with Crippen LogP contribution < -0.4 is 10.1 Å². The summed E-state index contributed by atoms with van der Waals surface area (Å²) in [4.78, 5) is 26.5. The number of ether oxygens (including phenoxy) is 1. The molecule has 1 fully saturated rings. The Bertz CT molecular complexity index is 1020. The lowest BCUT2D eigenvalue weighted by atomic mass is 9.95. The molecule has 0 saturated carbocycles. The van der Waals surface area contributed by atoms with Crippen molar-refractivity contribution in [1.82, 2.24) is 10.2 Å². The zero-order chi connectivity index (χ0) is 20.4. The van der Waals surface area contributed by atoms with Crippen molar-refractivity contribution in [2.45, 2.75) is 25.6 Å². The quantitative estimate of drug-likeness (QED) is 0.612. The zero-order valence-electron chi connectivity index (χ0n) is 15.7. The lowest BCUT2D eigenvalue weighted by molar-refractivity contribution is -0.131. The number of amides is 3. The van der Waals surface area contributed by atoms with E-state index in [1.165, 1.54) is 28.4 Å². The van der Waals surface area contributed by atoms with Gasteiger partial charge in [0.1, 0.15) is 23.7 Å². The van der Waals surface area contributed by atoms with E-state index < -0.39 is 11.6 Å². The van der Waals surface area contributed by atoms with Gasteiger partial charge in [-0.1, -0.05) is 24.3 Å². The molecule has 1 aliphatic heterocycles. The first-order chi connectivity index (χ1) is 14.0. The Morgan fingerprint density at radius 2 is 1.72 bits per heavy atom. The Kier molecular flexibility index (Phi) is 5.07. The van der Waals surface area contributed by atoms with Crippen LogP contribution in [-0.4, -0.2) is 16.8 Å². The molecule has 0 bridgehead atoms. The van der Waals surface area contributed by atoms with Crippen LogP contribution in [0.25, 0.3) is 0 Å². The number of rotatable bonds is 6. The Morgan fingerprint density at radius 1 is 1.03 bits per heavy atom. The second kappa shape index (κ2) is 7.67. The summed E-state index contributed by atoms with van der Waals surface area (Å²) < 4.78 is 18.6. The molecule has 4 rings (SSSR count). The number of nitrogens with zero attached hydrogens (tertiary/aromatic N) is 1. The van der Waals surface area contributed by atoms with Gasteiger partial charge >= 0.3 is 6.03 Å². The van der Waals surface area contributed by atoms with Gasteiger partial charge in [0.25, 0.3) is 5.91 Å². The standard InChI is InChI=1S/C22H19FN2O3S/c1-22(17-10-11-29-14-17)20(26)25(21(27)24-22)12-15-4-8-19(9-5-15)28-13-16-2-6-18(23)7-3-16/h2-11,14H,12-13H2,1H3,(H,24,27). The molecule has 7 heteroatoms. The maximum atomic E-state index is 12.9. The van der Waals surface area contributed by atoms with Gasteiger partial charge in [0, 0.05) is 0 Å². The highest BCUT2D eigenvalue weighted by Gasteiger charge is 2.49. The third-order valence-electron chi connectivity index (χ3n) is 4.96. The number of hydrogen-bond donors (Lipinski definition) is 1. The van der Waals surface area contributed by atoms with Crippen molar-refractivity contribution < 1.29 is 18.7 Å². The molecule has 1 aromatic heterocycles. The minimum atomic E-state index is -1.03. The highest BCUT2D eigenvalue weighted by Crippen LogP contribution is 2.31. The molecule has 1 N–H and O–H groups in total. The summed E-state index contributed by atoms with van der Waals surface area (Å²) in [6.07, 6.45) is 0. The van der Waals surface area contributed by atoms with Gasteiger partial charge in [-0.25, -0.2) is 9.18 Å². The Morgan fingerprint density at radius 3 is 2.38 bits per heavy atom. The number of benzene rings is 2. The molecule has 1 saturated heterocycles. The van der Waals surface area contributed by atoms with Crippen LogP contribution in [0.15, 0.2) is 65.4 Å². The molecular formula is C22H19FN2O3S. The van der Waals surface area contributed by atoms with Crippen molar-refractivity contribution in [2.24, 2.45) is 0 Å². The first-order valence-electron chi connectivity index (χ1n) is 9.09. The number of hydrogen-bond acceptors (Lipinski definition) is 4. The smallest absolute Gasteiger partial charge is 0.325 e. The molecular weight excluding hydrogens is 391 g/mol. The predicted octanol–water partition coefficient (Wildman–Crippen LogP) is 4.43. The number of carbonyl (C=O) groups excluding carboxylic acids is 2. The van der Waals surface area contributed by atoms with Gasteiger partial charge in [-0.05, 0) is 64.7 Å². The third kappa shape index (κ3) is 3.86. The molecule has 2 aromatic carbocycles. The fraction of sp³-hybridized carbons (Fsp3) is 0.182. The minimum Gasteiger partial charge on any atom is -0.489 e. The normalized spacial score (nSPS) is 18.8. The second-order valence-electron chi connectivity index (χ2n) is 7.02. The van der Waals surface area contributed by atoms with E-state index in [1.807, 2.05) is 29.0 Å². The number of carbonyl (C=O) groups is 2. The average molecular weight is 410 g/mol. The summed E-state index contributed by atoms with van der Waals surface area (Å²) >= 11 is 1.48. The van der Waals surface area contributed by atoms with Gasteiger partial charge < -0.3 is 10.1 Å². The van der Waals surface area contributed by atoms with E-state index in [9.17, 15) is 14.0 Å². The first kappa shape index (κ1) is 19.1. The topological polar surface area (TPSA) is 58.6 Å². The van der Waals surface area contributed by atoms with Crippen molar-refractivity contribution in [2.75, 3.05) is 0 Å². The first-order valence-corrected chi connectivity index (χ1v) is 10.0. The lowest BCUT2D eigenvalue weighted by Crippen LogP contribution is -2.40. The number of nitrogens with one attached hydrogen (secondary N) is 1. The van der Waals surface area contributed by atoms with E-state index >= 15 is 0 Å². The number of halogens is 1. The molecule has 1 unspecified atom stereocenters. The van der Waals surface area contributed by atoms with Crippen molar-refractivity contribution in [3.63, 3.8) is 0 Å². The molecule has 3 amide bonds. The largest absolute Gasteiger partial charge is 0.489 e. The van der Waals surface area contributed by atoms with E-state index in [4.69, 9.17) is 4.74 Å². The number of imide groups is 1. The zero-order valence-corrected chi connectivity index (χ0v) is 16.5. The van der Waals surface area contributed by atoms with Gasteiger partial charge in [-0.3, -0.25) is 9.69 Å². The maximum absolute atomic E-state index is 12.9. The minimum absolute atomic E-state index is 0.183. The highest BCUT2D eigenvalue weighted by molar-refractivity contribution is 7.08. The van der Waals surface area contributed by atoms with Gasteiger partial charge in [0.05, 0.1) is 6.54 Å². The monoisotopic (exact) mass is 410 g/mol. The molecule has 0 spiro atoms. The number of urea groups is 1. The molecule has 2 heterocycles. The van der Waals surface area contributed by atoms with Crippen LogP contribution in [0.4, 0.5) is 9.18 Å². The fourth-order valence-electron chi connectivity index (χ4n) is 3.21. The Hall–Kier alpha value is -3.19. The van der Waals surface area contributed by atoms with Crippen molar-refractivity contribution >= 4 is 23.3 Å². The average Bonchev–Trinajstić information content (AvgIpc) is 3.33. The van der Waals surface area contributed by atoms with Crippen LogP contribution in [0.5, 0.6) is 5.75 Å². The summed E-state index contributed by atoms with van der Waals surface area (Å²) in [5.74, 6) is 0.101. The van der Waals surface area contributed by atoms with E-state index in [2.05, 4.69) is 5.32 Å². The molecule has 3 aromatic rings. The van der Waals surface area contributed by atoms with Gasteiger partial charge in [-0.15, -0.1) is 0 Å². The fourth-order valence-corrected chi connectivity index (χ4v) is 3.97. The molecule has 1 atom stereocenters. The summed E-state index contributed by atoms with van der Waals surface area (Å²) in [7, 11) is 0. The predicted molar refractivity (Wildman–Crippen MR) is 108 cm³/mol. The summed E-state index contributed by atoms with van der Waals surface area (Å²) in [6, 6.07) is 14.8. The van der Waals surface area contributed by atoms with Crippen LogP contribution in [-0.2, 0) is 23.5 Å². The van der Waals surface area contributed by atoms with E-state index in [0.29, 0.717) is 12.4 Å². The van der Waals surface area contributed by atoms with Crippen LogP contribution in [0.1, 0.15) is 23.6 Å². The van der Waals surface area contributed by atoms with Crippen molar-refractivity contribution in [1.29, 1.82) is 0 Å². The van der Waals surface area contributed by atoms with E-state index in [0.717, 1.165) is 16.7 Å². The molecule has 148 valence electrons. The molecule has 1 aliphatic rings. The van der Waals surface area contributed by atoms with Crippen molar-refractivity contribution in [3.05, 3.63) is 87.9 Å². The molecule has 0 aliphatic carbocycles. The van der Waals surface area contributed by atoms with Crippen LogP contribution in [0.3, 0.4) is 0 Å². The van der Waals surface area contributed by atoms with Crippen LogP contribution in [0, 0.1) is 5.82 Å². The lowest BCUT2D eigenvalue weighted by Gasteiger charge is -2.20. The summed E-state index contributed by atoms with van der Waals surface area (Å²) in [6.45, 7) is 2.23. The third-order valence-corrected chi connectivity index (χ3v) is 5.64. The van der Waals surface area contributed by atoms with Gasteiger partial charge in [0.15, 0.2) is 0 Å². The van der Waals surface area contributed by atoms with Crippen LogP contribution in [0.2, 0.25) is 0 Å².